The fourth-order valence-electron chi connectivity index (χ4n) is 2.80. The summed E-state index contributed by atoms with van der Waals surface area (Å²) >= 11 is 0. The predicted molar refractivity (Wildman–Crippen MR) is 103 cm³/mol. The minimum absolute atomic E-state index is 0.0557. The molecule has 8 nitrogen and oxygen atoms in total. The van der Waals surface area contributed by atoms with Crippen molar-refractivity contribution in [2.45, 2.75) is 26.4 Å². The minimum Gasteiger partial charge on any atom is -0.363 e. The topological polar surface area (TPSA) is 80.9 Å². The number of nitrogens with zero attached hydrogens (tertiary/aromatic N) is 6. The van der Waals surface area contributed by atoms with Crippen LogP contribution >= 0.6 is 0 Å². The number of hydrogen-bond acceptors (Lipinski definition) is 5. The Bertz CT molecular complexity index is 897. The van der Waals surface area contributed by atoms with Gasteiger partial charge in [0.1, 0.15) is 11.6 Å². The summed E-state index contributed by atoms with van der Waals surface area (Å²) in [5.74, 6) is 1.51. The number of anilines is 1. The third-order valence-electron chi connectivity index (χ3n) is 4.52. The summed E-state index contributed by atoms with van der Waals surface area (Å²) in [6.07, 6.45) is 9.01. The molecule has 1 unspecified atom stereocenters. The summed E-state index contributed by atoms with van der Waals surface area (Å²) in [5, 5.41) is 7.50. The lowest BCUT2D eigenvalue weighted by molar-refractivity contribution is 0.0747. The monoisotopic (exact) mass is 367 g/mol. The molecule has 1 amide bonds. The van der Waals surface area contributed by atoms with Crippen molar-refractivity contribution < 1.29 is 4.79 Å². The molecule has 1 atom stereocenters. The van der Waals surface area contributed by atoms with Crippen LogP contribution in [0.1, 0.15) is 41.6 Å². The quantitative estimate of drug-likeness (QED) is 0.693. The van der Waals surface area contributed by atoms with E-state index in [1.54, 1.807) is 28.0 Å². The highest BCUT2D eigenvalue weighted by Gasteiger charge is 2.17. The van der Waals surface area contributed by atoms with Gasteiger partial charge in [-0.15, -0.1) is 0 Å². The molecule has 0 fully saturated rings. The molecule has 27 heavy (non-hydrogen) atoms. The Morgan fingerprint density at radius 3 is 2.63 bits per heavy atom. The van der Waals surface area contributed by atoms with Crippen LogP contribution in [0.5, 0.6) is 0 Å². The highest BCUT2D eigenvalue weighted by molar-refractivity contribution is 5.94. The first-order valence-electron chi connectivity index (χ1n) is 8.94. The molecule has 1 N–H and O–H groups in total. The first kappa shape index (κ1) is 18.6. The zero-order valence-electron chi connectivity index (χ0n) is 16.1. The Balaban J connectivity index is 1.66. The first-order chi connectivity index (χ1) is 13.0. The lowest BCUT2D eigenvalue weighted by atomic mass is 10.2. The molecule has 3 aromatic rings. The van der Waals surface area contributed by atoms with Crippen LogP contribution in [0.25, 0.3) is 0 Å². The Hall–Kier alpha value is -3.16. The number of hydrogen-bond donors (Lipinski definition) is 1. The van der Waals surface area contributed by atoms with Crippen LogP contribution in [0.4, 0.5) is 5.82 Å². The molecule has 3 rings (SSSR count). The molecule has 0 aliphatic heterocycles. The zero-order valence-corrected chi connectivity index (χ0v) is 16.1. The average Bonchev–Trinajstić information content (AvgIpc) is 3.28. The Morgan fingerprint density at radius 2 is 2.07 bits per heavy atom. The summed E-state index contributed by atoms with van der Waals surface area (Å²) in [7, 11) is 3.81. The van der Waals surface area contributed by atoms with Crippen LogP contribution in [-0.4, -0.2) is 41.7 Å². The second kappa shape index (κ2) is 8.03. The third kappa shape index (κ3) is 4.33. The number of imidazole rings is 1. The molecule has 0 radical (unpaired) electrons. The second-order valence-corrected chi connectivity index (χ2v) is 6.52. The number of pyridine rings is 1. The maximum absolute atomic E-state index is 12.8. The molecule has 0 saturated heterocycles. The summed E-state index contributed by atoms with van der Waals surface area (Å²) in [5.41, 5.74) is 1.64. The number of carbonyl (C=O) groups excluding carboxylic acids is 1. The van der Waals surface area contributed by atoms with Gasteiger partial charge in [-0.25, -0.2) is 9.97 Å². The highest BCUT2D eigenvalue weighted by Crippen LogP contribution is 2.17. The molecule has 3 heterocycles. The van der Waals surface area contributed by atoms with E-state index in [0.717, 1.165) is 17.2 Å². The fraction of sp³-hybridized carbons (Fsp3) is 0.368. The van der Waals surface area contributed by atoms with Gasteiger partial charge in [-0.3, -0.25) is 9.48 Å². The number of aromatic nitrogens is 5. The van der Waals surface area contributed by atoms with E-state index >= 15 is 0 Å². The second-order valence-electron chi connectivity index (χ2n) is 6.52. The van der Waals surface area contributed by atoms with Crippen molar-refractivity contribution in [2.24, 2.45) is 14.1 Å². The van der Waals surface area contributed by atoms with Crippen molar-refractivity contribution in [3.05, 3.63) is 60.1 Å². The normalized spacial score (nSPS) is 12.0. The van der Waals surface area contributed by atoms with E-state index in [1.165, 1.54) is 0 Å². The summed E-state index contributed by atoms with van der Waals surface area (Å²) in [4.78, 5) is 23.2. The van der Waals surface area contributed by atoms with E-state index in [1.807, 2.05) is 57.2 Å². The zero-order chi connectivity index (χ0) is 19.4. The summed E-state index contributed by atoms with van der Waals surface area (Å²) in [6.45, 7) is 5.07. The van der Waals surface area contributed by atoms with Gasteiger partial charge in [0.2, 0.25) is 0 Å². The van der Waals surface area contributed by atoms with E-state index < -0.39 is 0 Å². The van der Waals surface area contributed by atoms with Gasteiger partial charge in [-0.05, 0) is 26.0 Å². The maximum atomic E-state index is 12.8. The molecular weight excluding hydrogens is 342 g/mol. The maximum Gasteiger partial charge on any atom is 0.255 e. The van der Waals surface area contributed by atoms with Gasteiger partial charge in [-0.1, -0.05) is 0 Å². The largest absolute Gasteiger partial charge is 0.363 e. The molecule has 0 aromatic carbocycles. The van der Waals surface area contributed by atoms with Crippen LogP contribution in [0, 0.1) is 0 Å². The van der Waals surface area contributed by atoms with E-state index in [2.05, 4.69) is 20.4 Å². The van der Waals surface area contributed by atoms with E-state index in [-0.39, 0.29) is 11.9 Å². The molecule has 0 spiro atoms. The third-order valence-corrected chi connectivity index (χ3v) is 4.52. The van der Waals surface area contributed by atoms with Gasteiger partial charge in [0, 0.05) is 51.0 Å². The number of carbonyl (C=O) groups is 1. The summed E-state index contributed by atoms with van der Waals surface area (Å²) < 4.78 is 3.69. The van der Waals surface area contributed by atoms with E-state index in [0.29, 0.717) is 18.7 Å². The van der Waals surface area contributed by atoms with Crippen molar-refractivity contribution in [3.8, 4) is 0 Å². The number of aryl methyl sites for hydroxylation is 2. The van der Waals surface area contributed by atoms with Crippen molar-refractivity contribution in [1.29, 1.82) is 0 Å². The van der Waals surface area contributed by atoms with Crippen LogP contribution < -0.4 is 5.32 Å². The van der Waals surface area contributed by atoms with Gasteiger partial charge in [0.15, 0.2) is 0 Å². The first-order valence-corrected chi connectivity index (χ1v) is 8.94. The highest BCUT2D eigenvalue weighted by atomic mass is 16.2. The smallest absolute Gasteiger partial charge is 0.255 e. The van der Waals surface area contributed by atoms with Crippen LogP contribution in [0.15, 0.2) is 43.1 Å². The van der Waals surface area contributed by atoms with Crippen LogP contribution in [0.3, 0.4) is 0 Å². The summed E-state index contributed by atoms with van der Waals surface area (Å²) in [6, 6.07) is 3.70. The van der Waals surface area contributed by atoms with Crippen LogP contribution in [0.2, 0.25) is 0 Å². The van der Waals surface area contributed by atoms with Gasteiger partial charge < -0.3 is 14.8 Å². The lowest BCUT2D eigenvalue weighted by Crippen LogP contribution is -2.31. The molecule has 0 saturated carbocycles. The predicted octanol–water partition coefficient (Wildman–Crippen LogP) is 2.38. The standard InChI is InChI=1S/C19H25N7O/c1-5-26(13-18-20-8-9-24(18)3)19(27)15-6-7-17(21-10-15)23-14(2)16-11-22-25(4)12-16/h6-12,14H,5,13H2,1-4H3,(H,21,23). The van der Waals surface area contributed by atoms with E-state index in [4.69, 9.17) is 0 Å². The number of nitrogens with one attached hydrogen (secondary N) is 1. The molecule has 142 valence electrons. The molecule has 8 heteroatoms. The Kier molecular flexibility index (Phi) is 5.54. The van der Waals surface area contributed by atoms with Gasteiger partial charge in [-0.2, -0.15) is 5.10 Å². The van der Waals surface area contributed by atoms with Crippen LogP contribution in [-0.2, 0) is 20.6 Å². The SMILES string of the molecule is CCN(Cc1nccn1C)C(=O)c1ccc(NC(C)c2cnn(C)c2)nc1. The molecule has 0 aliphatic carbocycles. The van der Waals surface area contributed by atoms with Crippen molar-refractivity contribution in [3.63, 3.8) is 0 Å². The van der Waals surface area contributed by atoms with Gasteiger partial charge in [0.25, 0.3) is 5.91 Å². The Labute approximate surface area is 158 Å². The number of amides is 1. The molecular formula is C19H25N7O. The van der Waals surface area contributed by atoms with Gasteiger partial charge >= 0.3 is 0 Å². The lowest BCUT2D eigenvalue weighted by Gasteiger charge is -2.20. The molecule has 3 aromatic heterocycles. The van der Waals surface area contributed by atoms with Crippen molar-refractivity contribution >= 4 is 11.7 Å². The van der Waals surface area contributed by atoms with E-state index in [9.17, 15) is 4.79 Å². The number of rotatable bonds is 7. The Morgan fingerprint density at radius 1 is 1.26 bits per heavy atom. The van der Waals surface area contributed by atoms with Crippen molar-refractivity contribution in [1.82, 2.24) is 29.2 Å². The minimum atomic E-state index is -0.0557. The van der Waals surface area contributed by atoms with Crippen molar-refractivity contribution in [2.75, 3.05) is 11.9 Å². The average molecular weight is 367 g/mol. The molecule has 0 aliphatic rings. The molecule has 0 bridgehead atoms. The van der Waals surface area contributed by atoms with Gasteiger partial charge in [0.05, 0.1) is 24.3 Å². The fourth-order valence-corrected chi connectivity index (χ4v) is 2.80.